The van der Waals surface area contributed by atoms with Crippen molar-refractivity contribution in [3.05, 3.63) is 77.5 Å². The van der Waals surface area contributed by atoms with E-state index in [0.717, 1.165) is 16.8 Å². The monoisotopic (exact) mass is 349 g/mol. The van der Waals surface area contributed by atoms with Crippen LogP contribution in [0.5, 0.6) is 0 Å². The largest absolute Gasteiger partial charge is 0.478 e. The molecule has 0 radical (unpaired) electrons. The van der Waals surface area contributed by atoms with Gasteiger partial charge in [0.1, 0.15) is 5.69 Å². The molecule has 3 rings (SSSR count). The summed E-state index contributed by atoms with van der Waals surface area (Å²) in [5.74, 6) is -1.21. The Morgan fingerprint density at radius 2 is 1.73 bits per heavy atom. The number of rotatable bonds is 5. The highest BCUT2D eigenvalue weighted by atomic mass is 16.4. The fraction of sp³-hybridized carbons (Fsp3) is 0.150. The van der Waals surface area contributed by atoms with E-state index in [9.17, 15) is 9.59 Å². The molecule has 0 bridgehead atoms. The van der Waals surface area contributed by atoms with Crippen molar-refractivity contribution in [2.45, 2.75) is 13.0 Å². The first kappa shape index (κ1) is 17.4. The number of aromatic carboxylic acids is 1. The molecule has 1 heterocycles. The molecule has 0 aliphatic heterocycles. The van der Waals surface area contributed by atoms with E-state index >= 15 is 0 Å². The van der Waals surface area contributed by atoms with Crippen LogP contribution in [0.2, 0.25) is 0 Å². The fourth-order valence-corrected chi connectivity index (χ4v) is 2.70. The van der Waals surface area contributed by atoms with Crippen molar-refractivity contribution >= 4 is 11.9 Å². The van der Waals surface area contributed by atoms with Crippen LogP contribution in [0, 0.1) is 0 Å². The summed E-state index contributed by atoms with van der Waals surface area (Å²) in [6.07, 6.45) is 0. The number of hydrogen-bond donors (Lipinski definition) is 2. The molecular weight excluding hydrogens is 330 g/mol. The lowest BCUT2D eigenvalue weighted by Gasteiger charge is -2.14. The molecule has 2 aromatic carbocycles. The molecule has 1 atom stereocenters. The average Bonchev–Trinajstić information content (AvgIpc) is 3.04. The molecule has 6 nitrogen and oxygen atoms in total. The third-order valence-electron chi connectivity index (χ3n) is 4.19. The fourth-order valence-electron chi connectivity index (χ4n) is 2.70. The topological polar surface area (TPSA) is 84.2 Å². The Labute approximate surface area is 151 Å². The summed E-state index contributed by atoms with van der Waals surface area (Å²) in [4.78, 5) is 23.5. The third kappa shape index (κ3) is 3.64. The van der Waals surface area contributed by atoms with Gasteiger partial charge in [-0.15, -0.1) is 0 Å². The zero-order chi connectivity index (χ0) is 18.7. The van der Waals surface area contributed by atoms with Crippen LogP contribution in [0.25, 0.3) is 11.3 Å². The second-order valence-corrected chi connectivity index (χ2v) is 6.03. The lowest BCUT2D eigenvalue weighted by molar-refractivity contribution is 0.0696. The van der Waals surface area contributed by atoms with Crippen LogP contribution in [-0.4, -0.2) is 26.8 Å². The average molecular weight is 349 g/mol. The Morgan fingerprint density at radius 3 is 2.35 bits per heavy atom. The molecule has 1 amide bonds. The van der Waals surface area contributed by atoms with Gasteiger partial charge in [0.25, 0.3) is 5.91 Å². The summed E-state index contributed by atoms with van der Waals surface area (Å²) in [7, 11) is 1.73. The summed E-state index contributed by atoms with van der Waals surface area (Å²) in [6, 6.07) is 17.6. The van der Waals surface area contributed by atoms with Gasteiger partial charge in [0, 0.05) is 12.6 Å². The zero-order valence-corrected chi connectivity index (χ0v) is 14.5. The van der Waals surface area contributed by atoms with Crippen LogP contribution in [0.4, 0.5) is 0 Å². The van der Waals surface area contributed by atoms with Crippen LogP contribution in [0.3, 0.4) is 0 Å². The lowest BCUT2D eigenvalue weighted by atomic mass is 10.1. The summed E-state index contributed by atoms with van der Waals surface area (Å²) < 4.78 is 1.55. The number of aromatic nitrogens is 2. The molecule has 0 aliphatic rings. The van der Waals surface area contributed by atoms with Gasteiger partial charge in [-0.1, -0.05) is 42.5 Å². The number of amides is 1. The number of aryl methyl sites for hydroxylation is 1. The molecule has 1 aromatic heterocycles. The minimum absolute atomic E-state index is 0.214. The minimum atomic E-state index is -0.975. The Kier molecular flexibility index (Phi) is 4.84. The maximum atomic E-state index is 12.6. The van der Waals surface area contributed by atoms with Gasteiger partial charge < -0.3 is 10.4 Å². The van der Waals surface area contributed by atoms with Gasteiger partial charge in [-0.2, -0.15) is 5.10 Å². The molecule has 0 saturated carbocycles. The number of carbonyl (C=O) groups is 2. The van der Waals surface area contributed by atoms with E-state index in [-0.39, 0.29) is 17.5 Å². The minimum Gasteiger partial charge on any atom is -0.478 e. The van der Waals surface area contributed by atoms with Crippen molar-refractivity contribution in [1.29, 1.82) is 0 Å². The number of benzene rings is 2. The lowest BCUT2D eigenvalue weighted by Crippen LogP contribution is -2.28. The van der Waals surface area contributed by atoms with E-state index in [1.807, 2.05) is 37.3 Å². The van der Waals surface area contributed by atoms with Crippen molar-refractivity contribution in [3.63, 3.8) is 0 Å². The van der Waals surface area contributed by atoms with Crippen molar-refractivity contribution in [2.24, 2.45) is 7.05 Å². The Balaban J connectivity index is 1.75. The van der Waals surface area contributed by atoms with Gasteiger partial charge in [-0.25, -0.2) is 4.79 Å². The molecule has 0 aliphatic carbocycles. The van der Waals surface area contributed by atoms with E-state index in [2.05, 4.69) is 10.4 Å². The molecule has 0 unspecified atom stereocenters. The van der Waals surface area contributed by atoms with Crippen LogP contribution in [0.1, 0.15) is 39.4 Å². The van der Waals surface area contributed by atoms with Crippen LogP contribution in [0.15, 0.2) is 60.7 Å². The first-order chi connectivity index (χ1) is 12.5. The smallest absolute Gasteiger partial charge is 0.335 e. The molecule has 26 heavy (non-hydrogen) atoms. The second-order valence-electron chi connectivity index (χ2n) is 6.03. The summed E-state index contributed by atoms with van der Waals surface area (Å²) in [5, 5.41) is 16.3. The molecule has 0 saturated heterocycles. The van der Waals surface area contributed by atoms with Gasteiger partial charge in [-0.05, 0) is 30.7 Å². The molecule has 3 aromatic rings. The van der Waals surface area contributed by atoms with Crippen molar-refractivity contribution in [1.82, 2.24) is 15.1 Å². The van der Waals surface area contributed by atoms with Crippen LogP contribution in [-0.2, 0) is 7.05 Å². The third-order valence-corrected chi connectivity index (χ3v) is 4.19. The number of hydrogen-bond acceptors (Lipinski definition) is 3. The van der Waals surface area contributed by atoms with Crippen molar-refractivity contribution in [2.75, 3.05) is 0 Å². The first-order valence-electron chi connectivity index (χ1n) is 8.19. The predicted octanol–water partition coefficient (Wildman–Crippen LogP) is 3.28. The number of carboxylic acids is 1. The number of nitrogens with one attached hydrogen (secondary N) is 1. The van der Waals surface area contributed by atoms with E-state index in [0.29, 0.717) is 5.69 Å². The van der Waals surface area contributed by atoms with Gasteiger partial charge in [0.2, 0.25) is 0 Å². The maximum absolute atomic E-state index is 12.6. The molecule has 132 valence electrons. The van der Waals surface area contributed by atoms with Crippen LogP contribution < -0.4 is 5.32 Å². The van der Waals surface area contributed by atoms with Crippen molar-refractivity contribution < 1.29 is 14.7 Å². The van der Waals surface area contributed by atoms with E-state index in [1.54, 1.807) is 29.9 Å². The van der Waals surface area contributed by atoms with E-state index in [4.69, 9.17) is 5.11 Å². The van der Waals surface area contributed by atoms with Gasteiger partial charge in [-0.3, -0.25) is 9.48 Å². The first-order valence-corrected chi connectivity index (χ1v) is 8.19. The Hall–Kier alpha value is -3.41. The standard InChI is InChI=1S/C20H19N3O3/c1-13(14-8-10-16(11-9-14)20(25)26)21-19(24)18-12-17(22-23(18)2)15-6-4-3-5-7-15/h3-13H,1-2H3,(H,21,24)(H,25,26)/t13-/m1/s1. The van der Waals surface area contributed by atoms with Gasteiger partial charge in [0.15, 0.2) is 0 Å². The van der Waals surface area contributed by atoms with Crippen LogP contribution >= 0.6 is 0 Å². The Bertz CT molecular complexity index is 931. The Morgan fingerprint density at radius 1 is 1.08 bits per heavy atom. The number of carbonyl (C=O) groups excluding carboxylic acids is 1. The quantitative estimate of drug-likeness (QED) is 0.740. The predicted molar refractivity (Wildman–Crippen MR) is 97.9 cm³/mol. The highest BCUT2D eigenvalue weighted by molar-refractivity contribution is 5.94. The summed E-state index contributed by atoms with van der Waals surface area (Å²) in [5.41, 5.74) is 3.18. The van der Waals surface area contributed by atoms with E-state index in [1.165, 1.54) is 12.1 Å². The van der Waals surface area contributed by atoms with Gasteiger partial charge in [0.05, 0.1) is 17.3 Å². The maximum Gasteiger partial charge on any atom is 0.335 e. The highest BCUT2D eigenvalue weighted by Crippen LogP contribution is 2.19. The number of nitrogens with zero attached hydrogens (tertiary/aromatic N) is 2. The highest BCUT2D eigenvalue weighted by Gasteiger charge is 2.17. The number of carboxylic acid groups (broad SMARTS) is 1. The normalized spacial score (nSPS) is 11.8. The molecule has 0 fully saturated rings. The van der Waals surface area contributed by atoms with Gasteiger partial charge >= 0.3 is 5.97 Å². The summed E-state index contributed by atoms with van der Waals surface area (Å²) >= 11 is 0. The molecular formula is C20H19N3O3. The van der Waals surface area contributed by atoms with Crippen molar-refractivity contribution in [3.8, 4) is 11.3 Å². The SMILES string of the molecule is C[C@@H](NC(=O)c1cc(-c2ccccc2)nn1C)c1ccc(C(=O)O)cc1. The second kappa shape index (κ2) is 7.23. The molecule has 2 N–H and O–H groups in total. The summed E-state index contributed by atoms with van der Waals surface area (Å²) in [6.45, 7) is 1.85. The molecule has 0 spiro atoms. The molecule has 6 heteroatoms. The van der Waals surface area contributed by atoms with E-state index < -0.39 is 5.97 Å². The zero-order valence-electron chi connectivity index (χ0n) is 14.5.